The van der Waals surface area contributed by atoms with Gasteiger partial charge in [0.15, 0.2) is 6.10 Å². The van der Waals surface area contributed by atoms with Gasteiger partial charge in [0.05, 0.1) is 18.4 Å². The number of ether oxygens (including phenoxy) is 2. The zero-order valence-corrected chi connectivity index (χ0v) is 12.5. The lowest BCUT2D eigenvalue weighted by atomic mass is 10.1. The summed E-state index contributed by atoms with van der Waals surface area (Å²) in [6.07, 6.45) is 4.58. The van der Waals surface area contributed by atoms with E-state index in [-0.39, 0.29) is 5.91 Å². The van der Waals surface area contributed by atoms with Crippen molar-refractivity contribution in [2.45, 2.75) is 45.1 Å². The van der Waals surface area contributed by atoms with Crippen LogP contribution in [-0.4, -0.2) is 25.1 Å². The second kappa shape index (κ2) is 7.11. The summed E-state index contributed by atoms with van der Waals surface area (Å²) in [6, 6.07) is 4.88. The Kier molecular flexibility index (Phi) is 5.20. The number of unbranched alkanes of at least 4 members (excludes halogenated alkanes) is 3. The second-order valence-electron chi connectivity index (χ2n) is 5.15. The molecule has 0 spiro atoms. The van der Waals surface area contributed by atoms with Crippen LogP contribution >= 0.6 is 0 Å². The van der Waals surface area contributed by atoms with Gasteiger partial charge in [-0.15, -0.1) is 0 Å². The number of carbonyl (C=O) groups is 2. The lowest BCUT2D eigenvalue weighted by Gasteiger charge is -2.26. The molecule has 1 atom stereocenters. The average molecular weight is 291 g/mol. The first-order valence-electron chi connectivity index (χ1n) is 7.35. The van der Waals surface area contributed by atoms with Crippen LogP contribution in [0.2, 0.25) is 0 Å². The number of carbonyl (C=O) groups excluding carboxylic acids is 2. The maximum Gasteiger partial charge on any atom is 0.337 e. The van der Waals surface area contributed by atoms with E-state index in [1.807, 2.05) is 0 Å². The van der Waals surface area contributed by atoms with Crippen LogP contribution in [0.4, 0.5) is 5.69 Å². The van der Waals surface area contributed by atoms with Crippen molar-refractivity contribution >= 4 is 17.6 Å². The Labute approximate surface area is 124 Å². The highest BCUT2D eigenvalue weighted by Gasteiger charge is 2.27. The van der Waals surface area contributed by atoms with Crippen LogP contribution in [0.1, 0.15) is 49.4 Å². The Morgan fingerprint density at radius 2 is 2.14 bits per heavy atom. The van der Waals surface area contributed by atoms with E-state index in [9.17, 15) is 9.59 Å². The predicted octanol–water partition coefficient (Wildman–Crippen LogP) is 3.14. The fraction of sp³-hybridized carbons (Fsp3) is 0.500. The molecular weight excluding hydrogens is 270 g/mol. The zero-order valence-electron chi connectivity index (χ0n) is 12.5. The Hall–Kier alpha value is -2.04. The third-order valence-electron chi connectivity index (χ3n) is 3.54. The highest BCUT2D eigenvalue weighted by molar-refractivity contribution is 5.99. The number of hydrogen-bond donors (Lipinski definition) is 1. The fourth-order valence-electron chi connectivity index (χ4n) is 2.33. The number of methoxy groups -OCH3 is 1. The van der Waals surface area contributed by atoms with E-state index in [0.717, 1.165) is 25.7 Å². The topological polar surface area (TPSA) is 64.6 Å². The number of esters is 1. The molecule has 0 radical (unpaired) electrons. The van der Waals surface area contributed by atoms with Crippen molar-refractivity contribution in [2.75, 3.05) is 12.4 Å². The number of amides is 1. The quantitative estimate of drug-likeness (QED) is 0.646. The molecule has 0 bridgehead atoms. The summed E-state index contributed by atoms with van der Waals surface area (Å²) in [5.41, 5.74) is 1.01. The Balaban J connectivity index is 2.05. The van der Waals surface area contributed by atoms with Crippen LogP contribution in [0, 0.1) is 0 Å². The van der Waals surface area contributed by atoms with Crippen molar-refractivity contribution in [1.29, 1.82) is 0 Å². The van der Waals surface area contributed by atoms with E-state index < -0.39 is 12.1 Å². The van der Waals surface area contributed by atoms with Crippen LogP contribution < -0.4 is 10.1 Å². The maximum absolute atomic E-state index is 12.0. The standard InChI is InChI=1S/C16H21NO4/c1-3-4-5-6-7-13-15(18)17-12-9-8-11(16(19)20-2)10-14(12)21-13/h8-10,13H,3-7H2,1-2H3,(H,17,18). The van der Waals surface area contributed by atoms with Gasteiger partial charge in [0, 0.05) is 0 Å². The van der Waals surface area contributed by atoms with E-state index in [0.29, 0.717) is 23.4 Å². The van der Waals surface area contributed by atoms with Gasteiger partial charge in [-0.3, -0.25) is 4.79 Å². The van der Waals surface area contributed by atoms with Gasteiger partial charge < -0.3 is 14.8 Å². The molecule has 21 heavy (non-hydrogen) atoms. The number of fused-ring (bicyclic) bond motifs is 1. The lowest BCUT2D eigenvalue weighted by molar-refractivity contribution is -0.123. The summed E-state index contributed by atoms with van der Waals surface area (Å²) in [5.74, 6) is -0.0133. The first-order valence-corrected chi connectivity index (χ1v) is 7.35. The van der Waals surface area contributed by atoms with Crippen LogP contribution in [0.25, 0.3) is 0 Å². The molecule has 0 aromatic heterocycles. The van der Waals surface area contributed by atoms with Crippen molar-refractivity contribution in [2.24, 2.45) is 0 Å². The summed E-state index contributed by atoms with van der Waals surface area (Å²) in [4.78, 5) is 23.5. The smallest absolute Gasteiger partial charge is 0.337 e. The van der Waals surface area contributed by atoms with Crippen LogP contribution in [0.3, 0.4) is 0 Å². The maximum atomic E-state index is 12.0. The Bertz CT molecular complexity index is 527. The minimum Gasteiger partial charge on any atom is -0.478 e. The summed E-state index contributed by atoms with van der Waals surface area (Å²) in [6.45, 7) is 2.15. The molecule has 1 unspecified atom stereocenters. The van der Waals surface area contributed by atoms with Crippen LogP contribution in [-0.2, 0) is 9.53 Å². The van der Waals surface area contributed by atoms with Gasteiger partial charge in [0.25, 0.3) is 5.91 Å². The van der Waals surface area contributed by atoms with Gasteiger partial charge in [-0.25, -0.2) is 4.79 Å². The molecule has 0 fully saturated rings. The number of benzene rings is 1. The molecule has 1 aliphatic rings. The molecule has 0 aliphatic carbocycles. The summed E-state index contributed by atoms with van der Waals surface area (Å²) in [5, 5.41) is 2.82. The van der Waals surface area contributed by atoms with E-state index in [1.54, 1.807) is 18.2 Å². The molecule has 114 valence electrons. The summed E-state index contributed by atoms with van der Waals surface area (Å²) in [7, 11) is 1.33. The third-order valence-corrected chi connectivity index (χ3v) is 3.54. The number of anilines is 1. The zero-order chi connectivity index (χ0) is 15.2. The minimum absolute atomic E-state index is 0.121. The van der Waals surface area contributed by atoms with Crippen molar-refractivity contribution < 1.29 is 19.1 Å². The summed E-state index contributed by atoms with van der Waals surface area (Å²) < 4.78 is 10.4. The minimum atomic E-state index is -0.484. The Morgan fingerprint density at radius 3 is 2.86 bits per heavy atom. The molecule has 5 heteroatoms. The van der Waals surface area contributed by atoms with Gasteiger partial charge in [-0.05, 0) is 31.0 Å². The SMILES string of the molecule is CCCCCCC1Oc2cc(C(=O)OC)ccc2NC1=O. The lowest BCUT2D eigenvalue weighted by Crippen LogP contribution is -2.37. The van der Waals surface area contributed by atoms with E-state index >= 15 is 0 Å². The molecule has 1 aromatic rings. The summed E-state index contributed by atoms with van der Waals surface area (Å²) >= 11 is 0. The molecule has 1 heterocycles. The first kappa shape index (κ1) is 15.4. The number of nitrogens with one attached hydrogen (secondary N) is 1. The average Bonchev–Trinajstić information content (AvgIpc) is 2.50. The molecule has 1 amide bonds. The van der Waals surface area contributed by atoms with Crippen molar-refractivity contribution in [3.8, 4) is 5.75 Å². The molecule has 5 nitrogen and oxygen atoms in total. The number of rotatable bonds is 6. The molecule has 0 saturated carbocycles. The molecule has 1 N–H and O–H groups in total. The van der Waals surface area contributed by atoms with Gasteiger partial charge in [0.2, 0.25) is 0 Å². The molecule has 2 rings (SSSR count). The highest BCUT2D eigenvalue weighted by atomic mass is 16.5. The normalized spacial score (nSPS) is 16.7. The van der Waals surface area contributed by atoms with Crippen molar-refractivity contribution in [3.05, 3.63) is 23.8 Å². The molecular formula is C16H21NO4. The predicted molar refractivity (Wildman–Crippen MR) is 79.6 cm³/mol. The van der Waals surface area contributed by atoms with Crippen molar-refractivity contribution in [1.82, 2.24) is 0 Å². The molecule has 1 aliphatic heterocycles. The largest absolute Gasteiger partial charge is 0.478 e. The second-order valence-corrected chi connectivity index (χ2v) is 5.15. The van der Waals surface area contributed by atoms with Gasteiger partial charge >= 0.3 is 5.97 Å². The molecule has 0 saturated heterocycles. The fourth-order valence-corrected chi connectivity index (χ4v) is 2.33. The first-order chi connectivity index (χ1) is 10.2. The van der Waals surface area contributed by atoms with E-state index in [1.165, 1.54) is 7.11 Å². The van der Waals surface area contributed by atoms with Gasteiger partial charge in [-0.2, -0.15) is 0 Å². The Morgan fingerprint density at radius 1 is 1.33 bits per heavy atom. The molecule has 1 aromatic carbocycles. The van der Waals surface area contributed by atoms with Gasteiger partial charge in [0.1, 0.15) is 5.75 Å². The van der Waals surface area contributed by atoms with E-state index in [2.05, 4.69) is 17.0 Å². The highest BCUT2D eigenvalue weighted by Crippen LogP contribution is 2.32. The van der Waals surface area contributed by atoms with Crippen LogP contribution in [0.15, 0.2) is 18.2 Å². The van der Waals surface area contributed by atoms with Gasteiger partial charge in [-0.1, -0.05) is 26.2 Å². The van der Waals surface area contributed by atoms with Crippen molar-refractivity contribution in [3.63, 3.8) is 0 Å². The van der Waals surface area contributed by atoms with E-state index in [4.69, 9.17) is 4.74 Å². The monoisotopic (exact) mass is 291 g/mol. The number of hydrogen-bond acceptors (Lipinski definition) is 4. The third kappa shape index (κ3) is 3.74. The van der Waals surface area contributed by atoms with Crippen LogP contribution in [0.5, 0.6) is 5.75 Å².